The molecule has 0 saturated carbocycles. The Morgan fingerprint density at radius 3 is 1.19 bits per heavy atom. The zero-order chi connectivity index (χ0) is 13.1. The second-order valence-electron chi connectivity index (χ2n) is 3.44. The third kappa shape index (κ3) is 10.5. The van der Waals surface area contributed by atoms with E-state index in [0.717, 1.165) is 25.7 Å². The summed E-state index contributed by atoms with van der Waals surface area (Å²) in [7, 11) is 0. The second-order valence-corrected chi connectivity index (χ2v) is 3.44. The number of carbonyl (C=O) groups excluding carboxylic acids is 2. The van der Waals surface area contributed by atoms with Gasteiger partial charge in [-0.15, -0.1) is 0 Å². The summed E-state index contributed by atoms with van der Waals surface area (Å²) >= 11 is 0. The molecule has 0 aromatic heterocycles. The van der Waals surface area contributed by atoms with Crippen molar-refractivity contribution in [3.63, 3.8) is 0 Å². The van der Waals surface area contributed by atoms with Gasteiger partial charge in [0.05, 0.1) is 0 Å². The molecule has 0 aromatic carbocycles. The van der Waals surface area contributed by atoms with Crippen molar-refractivity contribution in [2.45, 2.75) is 39.5 Å². The van der Waals surface area contributed by atoms with E-state index in [4.69, 9.17) is 11.5 Å². The van der Waals surface area contributed by atoms with Crippen LogP contribution >= 0.6 is 0 Å². The lowest BCUT2D eigenvalue weighted by atomic mass is 10.2. The van der Waals surface area contributed by atoms with Gasteiger partial charge in [-0.25, -0.2) is 0 Å². The van der Waals surface area contributed by atoms with Crippen LogP contribution in [0.5, 0.6) is 0 Å². The normalized spacial score (nSPS) is 8.62. The Kier molecular flexibility index (Phi) is 10.5. The number of hydrogen-bond donors (Lipinski definition) is 2. The monoisotopic (exact) mass is 226 g/mol. The first-order valence-corrected chi connectivity index (χ1v) is 5.31. The van der Waals surface area contributed by atoms with Gasteiger partial charge in [-0.3, -0.25) is 9.59 Å². The maximum atomic E-state index is 10.2. The third-order valence-corrected chi connectivity index (χ3v) is 1.80. The van der Waals surface area contributed by atoms with Gasteiger partial charge in [0.2, 0.25) is 11.8 Å². The fourth-order valence-electron chi connectivity index (χ4n) is 0.850. The Hall–Kier alpha value is -1.58. The second kappa shape index (κ2) is 9.96. The predicted molar refractivity (Wildman–Crippen MR) is 66.5 cm³/mol. The van der Waals surface area contributed by atoms with Crippen LogP contribution in [-0.4, -0.2) is 11.8 Å². The van der Waals surface area contributed by atoms with E-state index in [-0.39, 0.29) is 11.8 Å². The van der Waals surface area contributed by atoms with Crippen molar-refractivity contribution < 1.29 is 9.59 Å². The lowest BCUT2D eigenvalue weighted by Crippen LogP contribution is -2.12. The first-order valence-electron chi connectivity index (χ1n) is 5.31. The summed E-state index contributed by atoms with van der Waals surface area (Å²) < 4.78 is 0. The van der Waals surface area contributed by atoms with Gasteiger partial charge in [-0.2, -0.15) is 0 Å². The molecule has 2 amide bonds. The van der Waals surface area contributed by atoms with Crippen molar-refractivity contribution in [1.29, 1.82) is 0 Å². The molecule has 0 bridgehead atoms. The molecule has 0 aliphatic rings. The smallest absolute Gasteiger partial charge is 0.244 e. The molecule has 0 aromatic rings. The molecule has 4 heteroatoms. The van der Waals surface area contributed by atoms with E-state index in [1.54, 1.807) is 0 Å². The van der Waals surface area contributed by atoms with Crippen molar-refractivity contribution in [3.8, 4) is 0 Å². The molecule has 0 saturated heterocycles. The zero-order valence-electron chi connectivity index (χ0n) is 10.2. The predicted octanol–water partition coefficient (Wildman–Crippen LogP) is 1.66. The van der Waals surface area contributed by atoms with E-state index in [9.17, 15) is 9.59 Å². The minimum Gasteiger partial charge on any atom is -0.366 e. The average Bonchev–Trinajstić information content (AvgIpc) is 2.19. The number of rotatable bonds is 6. The average molecular weight is 226 g/mol. The maximum absolute atomic E-state index is 10.2. The molecule has 0 fully saturated rings. The molecule has 4 N–H and O–H groups in total. The fraction of sp³-hybridized carbons (Fsp3) is 0.500. The topological polar surface area (TPSA) is 86.2 Å². The molecule has 0 radical (unpaired) electrons. The zero-order valence-corrected chi connectivity index (χ0v) is 10.2. The Bertz CT molecular complexity index is 242. The first kappa shape index (κ1) is 16.8. The summed E-state index contributed by atoms with van der Waals surface area (Å²) in [6.07, 6.45) is 3.30. The molecule has 0 aliphatic carbocycles. The van der Waals surface area contributed by atoms with E-state index < -0.39 is 0 Å². The largest absolute Gasteiger partial charge is 0.366 e. The van der Waals surface area contributed by atoms with Crippen LogP contribution in [0.2, 0.25) is 0 Å². The summed E-state index contributed by atoms with van der Waals surface area (Å²) in [6.45, 7) is 10.9. The van der Waals surface area contributed by atoms with Crippen molar-refractivity contribution >= 4 is 11.8 Å². The van der Waals surface area contributed by atoms with E-state index in [1.807, 2.05) is 13.8 Å². The minimum absolute atomic E-state index is 0.383. The Labute approximate surface area is 97.4 Å². The molecule has 0 atom stereocenters. The summed E-state index contributed by atoms with van der Waals surface area (Å²) in [5, 5.41) is 0. The van der Waals surface area contributed by atoms with E-state index in [2.05, 4.69) is 13.2 Å². The van der Waals surface area contributed by atoms with Gasteiger partial charge >= 0.3 is 0 Å². The highest BCUT2D eigenvalue weighted by Crippen LogP contribution is 1.98. The number of nitrogens with two attached hydrogens (primary N) is 2. The van der Waals surface area contributed by atoms with E-state index in [0.29, 0.717) is 11.1 Å². The molecule has 0 unspecified atom stereocenters. The summed E-state index contributed by atoms with van der Waals surface area (Å²) in [5.74, 6) is -0.765. The highest BCUT2D eigenvalue weighted by Gasteiger charge is 1.97. The SMILES string of the molecule is C=C(CCC)C(N)=O.C=C(CCC)C(N)=O. The van der Waals surface area contributed by atoms with Crippen LogP contribution in [0.1, 0.15) is 39.5 Å². The molecule has 4 nitrogen and oxygen atoms in total. The fourth-order valence-corrected chi connectivity index (χ4v) is 0.850. The minimum atomic E-state index is -0.383. The van der Waals surface area contributed by atoms with Gasteiger partial charge in [0, 0.05) is 11.1 Å². The Morgan fingerprint density at radius 2 is 1.12 bits per heavy atom. The van der Waals surface area contributed by atoms with Crippen LogP contribution in [-0.2, 0) is 9.59 Å². The molecule has 0 rings (SSSR count). The van der Waals surface area contributed by atoms with E-state index in [1.165, 1.54) is 0 Å². The molecule has 16 heavy (non-hydrogen) atoms. The van der Waals surface area contributed by atoms with Crippen LogP contribution in [0.15, 0.2) is 24.3 Å². The quantitative estimate of drug-likeness (QED) is 0.675. The number of hydrogen-bond acceptors (Lipinski definition) is 2. The lowest BCUT2D eigenvalue weighted by Gasteiger charge is -1.93. The van der Waals surface area contributed by atoms with Crippen LogP contribution in [0.4, 0.5) is 0 Å². The van der Waals surface area contributed by atoms with Crippen molar-refractivity contribution in [1.82, 2.24) is 0 Å². The molecule has 92 valence electrons. The Balaban J connectivity index is 0. The van der Waals surface area contributed by atoms with Crippen molar-refractivity contribution in [3.05, 3.63) is 24.3 Å². The molecule has 0 aliphatic heterocycles. The summed E-state index contributed by atoms with van der Waals surface area (Å²) in [6, 6.07) is 0. The van der Waals surface area contributed by atoms with Crippen LogP contribution < -0.4 is 11.5 Å². The summed E-state index contributed by atoms with van der Waals surface area (Å²) in [5.41, 5.74) is 10.8. The highest BCUT2D eigenvalue weighted by molar-refractivity contribution is 5.91. The molecule has 0 heterocycles. The van der Waals surface area contributed by atoms with Crippen LogP contribution in [0.3, 0.4) is 0 Å². The molecule has 0 spiro atoms. The Morgan fingerprint density at radius 1 is 0.875 bits per heavy atom. The van der Waals surface area contributed by atoms with Gasteiger partial charge in [-0.1, -0.05) is 39.8 Å². The van der Waals surface area contributed by atoms with Crippen molar-refractivity contribution in [2.24, 2.45) is 11.5 Å². The van der Waals surface area contributed by atoms with Crippen LogP contribution in [0.25, 0.3) is 0 Å². The van der Waals surface area contributed by atoms with Gasteiger partial charge in [-0.05, 0) is 12.8 Å². The number of primary amides is 2. The molecular formula is C12H22N2O2. The van der Waals surface area contributed by atoms with Crippen LogP contribution in [0, 0.1) is 0 Å². The first-order chi connectivity index (χ1) is 7.36. The summed E-state index contributed by atoms with van der Waals surface area (Å²) in [4.78, 5) is 20.4. The number of carbonyl (C=O) groups is 2. The lowest BCUT2D eigenvalue weighted by molar-refractivity contribution is -0.115. The van der Waals surface area contributed by atoms with Gasteiger partial charge in [0.15, 0.2) is 0 Å². The number of amides is 2. The van der Waals surface area contributed by atoms with E-state index >= 15 is 0 Å². The molecular weight excluding hydrogens is 204 g/mol. The maximum Gasteiger partial charge on any atom is 0.244 e. The van der Waals surface area contributed by atoms with Gasteiger partial charge in [0.25, 0.3) is 0 Å². The third-order valence-electron chi connectivity index (χ3n) is 1.80. The standard InChI is InChI=1S/2C6H11NO/c2*1-3-4-5(2)6(7)8/h2*2-4H2,1H3,(H2,7,8). The highest BCUT2D eigenvalue weighted by atomic mass is 16.1. The van der Waals surface area contributed by atoms with Crippen molar-refractivity contribution in [2.75, 3.05) is 0 Å². The van der Waals surface area contributed by atoms with Gasteiger partial charge < -0.3 is 11.5 Å². The van der Waals surface area contributed by atoms with Gasteiger partial charge in [0.1, 0.15) is 0 Å².